The summed E-state index contributed by atoms with van der Waals surface area (Å²) in [6.07, 6.45) is -2.31. The molecule has 10 heteroatoms. The number of amides is 2. The number of halogens is 3. The van der Waals surface area contributed by atoms with Gasteiger partial charge in [-0.1, -0.05) is 18.2 Å². The Bertz CT molecular complexity index is 965. The van der Waals surface area contributed by atoms with Gasteiger partial charge < -0.3 is 14.5 Å². The number of piperazine rings is 1. The quantitative estimate of drug-likeness (QED) is 0.516. The van der Waals surface area contributed by atoms with E-state index in [1.54, 1.807) is 17.0 Å². The second-order valence-corrected chi connectivity index (χ2v) is 7.66. The van der Waals surface area contributed by atoms with E-state index < -0.39 is 30.2 Å². The summed E-state index contributed by atoms with van der Waals surface area (Å²) in [6.45, 7) is 0.934. The molecule has 2 amide bonds. The van der Waals surface area contributed by atoms with Crippen molar-refractivity contribution in [3.05, 3.63) is 63.9 Å². The Morgan fingerprint density at radius 3 is 2.39 bits per heavy atom. The molecule has 0 atom stereocenters. The van der Waals surface area contributed by atoms with E-state index in [0.717, 1.165) is 18.2 Å². The number of hydrogen-bond donors (Lipinski definition) is 0. The summed E-state index contributed by atoms with van der Waals surface area (Å²) in [5, 5.41) is 1.82. The van der Waals surface area contributed by atoms with E-state index >= 15 is 0 Å². The highest BCUT2D eigenvalue weighted by molar-refractivity contribution is 7.12. The first-order chi connectivity index (χ1) is 14.7. The number of carbonyl (C=O) groups excluding carboxylic acids is 3. The zero-order valence-corrected chi connectivity index (χ0v) is 17.1. The van der Waals surface area contributed by atoms with Crippen molar-refractivity contribution < 1.29 is 32.3 Å². The summed E-state index contributed by atoms with van der Waals surface area (Å²) in [6, 6.07) is 8.04. The Kier molecular flexibility index (Phi) is 7.11. The molecule has 1 aromatic carbocycles. The lowest BCUT2D eigenvalue weighted by Crippen LogP contribution is -2.51. The van der Waals surface area contributed by atoms with Gasteiger partial charge in [0.25, 0.3) is 11.8 Å². The fourth-order valence-electron chi connectivity index (χ4n) is 2.97. The van der Waals surface area contributed by atoms with Crippen LogP contribution in [-0.2, 0) is 20.5 Å². The van der Waals surface area contributed by atoms with Crippen LogP contribution in [0, 0.1) is 0 Å². The Morgan fingerprint density at radius 2 is 1.74 bits per heavy atom. The number of alkyl halides is 3. The van der Waals surface area contributed by atoms with Crippen molar-refractivity contribution in [2.45, 2.75) is 6.18 Å². The molecule has 0 spiro atoms. The predicted octanol–water partition coefficient (Wildman–Crippen LogP) is 3.31. The lowest BCUT2D eigenvalue weighted by atomic mass is 10.1. The normalized spacial score (nSPS) is 14.7. The van der Waals surface area contributed by atoms with Crippen LogP contribution >= 0.6 is 11.3 Å². The standard InChI is InChI=1S/C21H19F3N2O4S/c22-21(23,24)16-4-1-3-15(13-16)6-7-19(28)30-14-18(27)25-8-10-26(11-9-25)20(29)17-5-2-12-31-17/h1-7,12-13H,8-11,14H2/b7-6+. The topological polar surface area (TPSA) is 66.9 Å². The molecule has 1 aliphatic rings. The van der Waals surface area contributed by atoms with Gasteiger partial charge in [-0.05, 0) is 35.2 Å². The molecule has 1 saturated heterocycles. The Hall–Kier alpha value is -3.14. The highest BCUT2D eigenvalue weighted by atomic mass is 32.1. The summed E-state index contributed by atoms with van der Waals surface area (Å²) in [5.41, 5.74) is -0.639. The number of thiophene rings is 1. The summed E-state index contributed by atoms with van der Waals surface area (Å²) in [7, 11) is 0. The minimum absolute atomic E-state index is 0.0757. The third kappa shape index (κ3) is 6.17. The largest absolute Gasteiger partial charge is 0.452 e. The lowest BCUT2D eigenvalue weighted by molar-refractivity contribution is -0.148. The van der Waals surface area contributed by atoms with Gasteiger partial charge in [0.15, 0.2) is 6.61 Å². The molecule has 1 aliphatic heterocycles. The molecule has 3 rings (SSSR count). The predicted molar refractivity (Wildman–Crippen MR) is 108 cm³/mol. The van der Waals surface area contributed by atoms with Gasteiger partial charge in [0, 0.05) is 32.3 Å². The molecule has 0 aliphatic carbocycles. The number of ether oxygens (including phenoxy) is 1. The van der Waals surface area contributed by atoms with Crippen LogP contribution in [-0.4, -0.2) is 60.4 Å². The van der Waals surface area contributed by atoms with E-state index in [1.807, 2.05) is 5.38 Å². The molecule has 2 aromatic rings. The fourth-order valence-corrected chi connectivity index (χ4v) is 3.66. The minimum atomic E-state index is -4.48. The van der Waals surface area contributed by atoms with Gasteiger partial charge in [0.1, 0.15) is 0 Å². The number of benzene rings is 1. The van der Waals surface area contributed by atoms with Crippen LogP contribution in [0.3, 0.4) is 0 Å². The van der Waals surface area contributed by atoms with Crippen LogP contribution in [0.2, 0.25) is 0 Å². The van der Waals surface area contributed by atoms with Crippen molar-refractivity contribution in [2.75, 3.05) is 32.8 Å². The number of hydrogen-bond acceptors (Lipinski definition) is 5. The highest BCUT2D eigenvalue weighted by Crippen LogP contribution is 2.29. The van der Waals surface area contributed by atoms with Gasteiger partial charge in [-0.3, -0.25) is 9.59 Å². The van der Waals surface area contributed by atoms with Crippen LogP contribution in [0.4, 0.5) is 13.2 Å². The molecule has 6 nitrogen and oxygen atoms in total. The van der Waals surface area contributed by atoms with Crippen molar-refractivity contribution in [3.8, 4) is 0 Å². The van der Waals surface area contributed by atoms with Crippen molar-refractivity contribution in [2.24, 2.45) is 0 Å². The lowest BCUT2D eigenvalue weighted by Gasteiger charge is -2.34. The van der Waals surface area contributed by atoms with E-state index in [9.17, 15) is 27.6 Å². The molecular formula is C21H19F3N2O4S. The number of nitrogens with zero attached hydrogens (tertiary/aromatic N) is 2. The molecule has 31 heavy (non-hydrogen) atoms. The van der Waals surface area contributed by atoms with Crippen molar-refractivity contribution >= 4 is 35.2 Å². The SMILES string of the molecule is O=C(/C=C/c1cccc(C(F)(F)F)c1)OCC(=O)N1CCN(C(=O)c2cccs2)CC1. The molecular weight excluding hydrogens is 433 g/mol. The third-order valence-electron chi connectivity index (χ3n) is 4.62. The smallest absolute Gasteiger partial charge is 0.416 e. The molecule has 1 fully saturated rings. The second kappa shape index (κ2) is 9.78. The summed E-state index contributed by atoms with van der Waals surface area (Å²) >= 11 is 1.36. The van der Waals surface area contributed by atoms with E-state index in [1.165, 1.54) is 34.4 Å². The monoisotopic (exact) mass is 452 g/mol. The number of rotatable bonds is 5. The minimum Gasteiger partial charge on any atom is -0.452 e. The van der Waals surface area contributed by atoms with Crippen molar-refractivity contribution in [3.63, 3.8) is 0 Å². The average Bonchev–Trinajstić information content (AvgIpc) is 3.30. The van der Waals surface area contributed by atoms with E-state index in [4.69, 9.17) is 4.74 Å². The van der Waals surface area contributed by atoms with Crippen LogP contribution in [0.1, 0.15) is 20.8 Å². The second-order valence-electron chi connectivity index (χ2n) is 6.71. The van der Waals surface area contributed by atoms with Gasteiger partial charge in [-0.15, -0.1) is 11.3 Å². The van der Waals surface area contributed by atoms with Crippen LogP contribution in [0.15, 0.2) is 47.9 Å². The first-order valence-electron chi connectivity index (χ1n) is 9.37. The van der Waals surface area contributed by atoms with Crippen LogP contribution < -0.4 is 0 Å². The van der Waals surface area contributed by atoms with Gasteiger partial charge in [0.05, 0.1) is 10.4 Å². The Labute approximate surface area is 180 Å². The molecule has 0 bridgehead atoms. The van der Waals surface area contributed by atoms with E-state index in [2.05, 4.69) is 0 Å². The van der Waals surface area contributed by atoms with E-state index in [-0.39, 0.29) is 11.5 Å². The summed E-state index contributed by atoms with van der Waals surface area (Å²) in [4.78, 5) is 40.2. The number of carbonyl (C=O) groups is 3. The molecule has 0 saturated carbocycles. The van der Waals surface area contributed by atoms with Crippen LogP contribution in [0.25, 0.3) is 6.08 Å². The average molecular weight is 452 g/mol. The summed E-state index contributed by atoms with van der Waals surface area (Å²) < 4.78 is 43.0. The van der Waals surface area contributed by atoms with Gasteiger partial charge in [0.2, 0.25) is 0 Å². The maximum atomic E-state index is 12.7. The molecule has 1 aromatic heterocycles. The first-order valence-corrected chi connectivity index (χ1v) is 10.2. The Morgan fingerprint density at radius 1 is 1.03 bits per heavy atom. The van der Waals surface area contributed by atoms with Crippen molar-refractivity contribution in [1.82, 2.24) is 9.80 Å². The molecule has 164 valence electrons. The first kappa shape index (κ1) is 22.5. The van der Waals surface area contributed by atoms with Crippen molar-refractivity contribution in [1.29, 1.82) is 0 Å². The third-order valence-corrected chi connectivity index (χ3v) is 5.47. The number of esters is 1. The molecule has 0 radical (unpaired) electrons. The van der Waals surface area contributed by atoms with E-state index in [0.29, 0.717) is 31.1 Å². The maximum Gasteiger partial charge on any atom is 0.416 e. The maximum absolute atomic E-state index is 12.7. The molecule has 2 heterocycles. The van der Waals surface area contributed by atoms with Gasteiger partial charge >= 0.3 is 12.1 Å². The van der Waals surface area contributed by atoms with Gasteiger partial charge in [-0.2, -0.15) is 13.2 Å². The molecule has 0 unspecified atom stereocenters. The Balaban J connectivity index is 1.44. The highest BCUT2D eigenvalue weighted by Gasteiger charge is 2.30. The zero-order valence-electron chi connectivity index (χ0n) is 16.3. The molecule has 0 N–H and O–H groups in total. The fraction of sp³-hybridized carbons (Fsp3) is 0.286. The van der Waals surface area contributed by atoms with Gasteiger partial charge in [-0.25, -0.2) is 4.79 Å². The zero-order chi connectivity index (χ0) is 22.4. The van der Waals surface area contributed by atoms with Crippen LogP contribution in [0.5, 0.6) is 0 Å². The summed E-state index contributed by atoms with van der Waals surface area (Å²) in [5.74, 6) is -1.31.